The molecular weight excluding hydrogens is 260 g/mol. The lowest BCUT2D eigenvalue weighted by atomic mass is 10.1. The third-order valence-electron chi connectivity index (χ3n) is 2.63. The van der Waals surface area contributed by atoms with E-state index in [-0.39, 0.29) is 6.03 Å². The first-order valence-corrected chi connectivity index (χ1v) is 6.77. The summed E-state index contributed by atoms with van der Waals surface area (Å²) in [6.07, 6.45) is 1.03. The van der Waals surface area contributed by atoms with E-state index in [2.05, 4.69) is 10.6 Å². The smallest absolute Gasteiger partial charge is 0.315 e. The summed E-state index contributed by atoms with van der Waals surface area (Å²) in [5, 5.41) is 5.64. The number of carbonyl (C=O) groups excluding carboxylic acids is 1. The van der Waals surface area contributed by atoms with Crippen LogP contribution in [0.4, 0.5) is 4.79 Å². The Balaban J connectivity index is 1.63. The van der Waals surface area contributed by atoms with E-state index >= 15 is 0 Å². The van der Waals surface area contributed by atoms with Crippen LogP contribution in [0.3, 0.4) is 0 Å². The topological polar surface area (TPSA) is 50.4 Å². The van der Waals surface area contributed by atoms with Crippen molar-refractivity contribution in [2.24, 2.45) is 5.92 Å². The monoisotopic (exact) mass is 274 g/mol. The first-order valence-electron chi connectivity index (χ1n) is 5.57. The fourth-order valence-corrected chi connectivity index (χ4v) is 2.69. The Morgan fingerprint density at radius 3 is 3.06 bits per heavy atom. The lowest BCUT2D eigenvalue weighted by molar-refractivity contribution is 0.185. The third-order valence-corrected chi connectivity index (χ3v) is 3.86. The molecule has 1 saturated heterocycles. The molecule has 1 aliphatic heterocycles. The summed E-state index contributed by atoms with van der Waals surface area (Å²) in [6.45, 7) is 2.75. The molecule has 2 heterocycles. The second kappa shape index (κ2) is 6.23. The Labute approximate surface area is 109 Å². The molecule has 94 valence electrons. The van der Waals surface area contributed by atoms with Gasteiger partial charge in [0.2, 0.25) is 0 Å². The van der Waals surface area contributed by atoms with Crippen LogP contribution in [0, 0.1) is 5.92 Å². The SMILES string of the molecule is O=C(NCc1ccc(Cl)s1)NC[C@@H]1CCOC1. The van der Waals surface area contributed by atoms with E-state index in [1.165, 1.54) is 11.3 Å². The van der Waals surface area contributed by atoms with Crippen molar-refractivity contribution in [3.05, 3.63) is 21.3 Å². The molecule has 0 saturated carbocycles. The summed E-state index contributed by atoms with van der Waals surface area (Å²) in [5.74, 6) is 0.455. The van der Waals surface area contributed by atoms with Gasteiger partial charge in [-0.1, -0.05) is 11.6 Å². The fraction of sp³-hybridized carbons (Fsp3) is 0.545. The molecule has 1 aliphatic rings. The molecule has 0 spiro atoms. The Morgan fingerprint density at radius 2 is 2.41 bits per heavy atom. The first-order chi connectivity index (χ1) is 8.24. The van der Waals surface area contributed by atoms with Crippen LogP contribution >= 0.6 is 22.9 Å². The van der Waals surface area contributed by atoms with Gasteiger partial charge >= 0.3 is 6.03 Å². The first kappa shape index (κ1) is 12.7. The van der Waals surface area contributed by atoms with Crippen molar-refractivity contribution in [2.45, 2.75) is 13.0 Å². The van der Waals surface area contributed by atoms with Gasteiger partial charge in [-0.2, -0.15) is 0 Å². The van der Waals surface area contributed by atoms with Crippen molar-refractivity contribution in [1.29, 1.82) is 0 Å². The summed E-state index contributed by atoms with van der Waals surface area (Å²) in [4.78, 5) is 12.5. The molecule has 1 atom stereocenters. The number of halogens is 1. The van der Waals surface area contributed by atoms with Gasteiger partial charge in [0.05, 0.1) is 17.5 Å². The lowest BCUT2D eigenvalue weighted by Gasteiger charge is -2.10. The van der Waals surface area contributed by atoms with Crippen molar-refractivity contribution in [2.75, 3.05) is 19.8 Å². The van der Waals surface area contributed by atoms with Crippen LogP contribution in [0.15, 0.2) is 12.1 Å². The zero-order valence-electron chi connectivity index (χ0n) is 9.37. The average molecular weight is 275 g/mol. The Morgan fingerprint density at radius 1 is 1.53 bits per heavy atom. The summed E-state index contributed by atoms with van der Waals surface area (Å²) in [7, 11) is 0. The van der Waals surface area contributed by atoms with Crippen LogP contribution in [0.1, 0.15) is 11.3 Å². The van der Waals surface area contributed by atoms with Crippen LogP contribution in [0.25, 0.3) is 0 Å². The van der Waals surface area contributed by atoms with E-state index in [4.69, 9.17) is 16.3 Å². The molecule has 0 aliphatic carbocycles. The molecule has 0 unspecified atom stereocenters. The molecule has 4 nitrogen and oxygen atoms in total. The maximum absolute atomic E-state index is 11.5. The zero-order chi connectivity index (χ0) is 12.1. The molecule has 2 amide bonds. The number of hydrogen-bond acceptors (Lipinski definition) is 3. The highest BCUT2D eigenvalue weighted by atomic mass is 35.5. The maximum Gasteiger partial charge on any atom is 0.315 e. The minimum Gasteiger partial charge on any atom is -0.381 e. The second-order valence-corrected chi connectivity index (χ2v) is 5.80. The van der Waals surface area contributed by atoms with E-state index in [9.17, 15) is 4.79 Å². The van der Waals surface area contributed by atoms with Gasteiger partial charge in [0.1, 0.15) is 0 Å². The molecule has 0 aromatic carbocycles. The van der Waals surface area contributed by atoms with Crippen molar-refractivity contribution in [3.63, 3.8) is 0 Å². The molecule has 0 radical (unpaired) electrons. The molecule has 1 fully saturated rings. The molecule has 0 bridgehead atoms. The van der Waals surface area contributed by atoms with Gasteiger partial charge in [0.25, 0.3) is 0 Å². The largest absolute Gasteiger partial charge is 0.381 e. The number of urea groups is 1. The van der Waals surface area contributed by atoms with E-state index in [0.29, 0.717) is 19.0 Å². The molecule has 2 rings (SSSR count). The molecule has 1 aromatic rings. The molecule has 1 aromatic heterocycles. The van der Waals surface area contributed by atoms with Crippen LogP contribution < -0.4 is 10.6 Å². The third kappa shape index (κ3) is 4.18. The number of amides is 2. The van der Waals surface area contributed by atoms with Crippen molar-refractivity contribution in [1.82, 2.24) is 10.6 Å². The summed E-state index contributed by atoms with van der Waals surface area (Å²) in [6, 6.07) is 3.61. The normalized spacial score (nSPS) is 19.2. The maximum atomic E-state index is 11.5. The van der Waals surface area contributed by atoms with E-state index in [1.54, 1.807) is 0 Å². The van der Waals surface area contributed by atoms with Gasteiger partial charge < -0.3 is 15.4 Å². The predicted molar refractivity (Wildman–Crippen MR) is 68.5 cm³/mol. The summed E-state index contributed by atoms with van der Waals surface area (Å²) < 4.78 is 5.98. The van der Waals surface area contributed by atoms with Crippen molar-refractivity contribution in [3.8, 4) is 0 Å². The van der Waals surface area contributed by atoms with Gasteiger partial charge in [-0.05, 0) is 18.6 Å². The fourth-order valence-electron chi connectivity index (χ4n) is 1.66. The average Bonchev–Trinajstić information content (AvgIpc) is 2.95. The molecular formula is C11H15ClN2O2S. The molecule has 2 N–H and O–H groups in total. The molecule has 6 heteroatoms. The van der Waals surface area contributed by atoms with Crippen molar-refractivity contribution < 1.29 is 9.53 Å². The summed E-state index contributed by atoms with van der Waals surface area (Å²) >= 11 is 7.28. The minimum atomic E-state index is -0.138. The highest BCUT2D eigenvalue weighted by Crippen LogP contribution is 2.20. The number of hydrogen-bond donors (Lipinski definition) is 2. The lowest BCUT2D eigenvalue weighted by Crippen LogP contribution is -2.37. The second-order valence-electron chi connectivity index (χ2n) is 4.00. The van der Waals surface area contributed by atoms with Gasteiger partial charge in [0.15, 0.2) is 0 Å². The Bertz CT molecular complexity index is 377. The van der Waals surface area contributed by atoms with Crippen LogP contribution in [-0.2, 0) is 11.3 Å². The van der Waals surface area contributed by atoms with Crippen LogP contribution in [0.5, 0.6) is 0 Å². The van der Waals surface area contributed by atoms with Crippen molar-refractivity contribution >= 4 is 29.0 Å². The van der Waals surface area contributed by atoms with Gasteiger partial charge in [-0.3, -0.25) is 0 Å². The van der Waals surface area contributed by atoms with Gasteiger partial charge in [-0.25, -0.2) is 4.79 Å². The zero-order valence-corrected chi connectivity index (χ0v) is 10.9. The van der Waals surface area contributed by atoms with E-state index in [1.807, 2.05) is 12.1 Å². The van der Waals surface area contributed by atoms with Gasteiger partial charge in [-0.15, -0.1) is 11.3 Å². The quantitative estimate of drug-likeness (QED) is 0.885. The Kier molecular flexibility index (Phi) is 4.65. The van der Waals surface area contributed by atoms with E-state index in [0.717, 1.165) is 28.8 Å². The number of ether oxygens (including phenoxy) is 1. The van der Waals surface area contributed by atoms with Gasteiger partial charge in [0, 0.05) is 23.9 Å². The minimum absolute atomic E-state index is 0.138. The number of thiophene rings is 1. The highest BCUT2D eigenvalue weighted by Gasteiger charge is 2.16. The predicted octanol–water partition coefficient (Wildman–Crippen LogP) is 2.24. The number of carbonyl (C=O) groups is 1. The summed E-state index contributed by atoms with van der Waals surface area (Å²) in [5.41, 5.74) is 0. The molecule has 17 heavy (non-hydrogen) atoms. The highest BCUT2D eigenvalue weighted by molar-refractivity contribution is 7.16. The standard InChI is InChI=1S/C11H15ClN2O2S/c12-10-2-1-9(17-10)6-14-11(15)13-5-8-3-4-16-7-8/h1-2,8H,3-7H2,(H2,13,14,15)/t8-/m0/s1. The van der Waals surface area contributed by atoms with E-state index < -0.39 is 0 Å². The van der Waals surface area contributed by atoms with Crippen LogP contribution in [-0.4, -0.2) is 25.8 Å². The number of rotatable bonds is 4. The number of nitrogens with one attached hydrogen (secondary N) is 2. The van der Waals surface area contributed by atoms with Crippen LogP contribution in [0.2, 0.25) is 4.34 Å². The Hall–Kier alpha value is -0.780.